The number of hydrogen-bond donors (Lipinski definition) is 0. The predicted octanol–water partition coefficient (Wildman–Crippen LogP) is 2.89. The van der Waals surface area contributed by atoms with Crippen molar-refractivity contribution in [2.75, 3.05) is 0 Å². The van der Waals surface area contributed by atoms with Crippen LogP contribution >= 0.6 is 27.7 Å². The summed E-state index contributed by atoms with van der Waals surface area (Å²) in [5, 5.41) is 24.1. The van der Waals surface area contributed by atoms with E-state index < -0.39 is 5.97 Å². The molecule has 0 radical (unpaired) electrons. The van der Waals surface area contributed by atoms with Gasteiger partial charge < -0.3 is 9.90 Å². The molecule has 26 heavy (non-hydrogen) atoms. The van der Waals surface area contributed by atoms with Crippen molar-refractivity contribution in [3.63, 3.8) is 0 Å². The molecule has 0 saturated heterocycles. The van der Waals surface area contributed by atoms with Gasteiger partial charge in [0.15, 0.2) is 5.82 Å². The summed E-state index contributed by atoms with van der Waals surface area (Å²) in [5.41, 5.74) is 2.08. The second-order valence-corrected chi connectivity index (χ2v) is 7.27. The average molecular weight is 430 g/mol. The molecule has 0 aliphatic heterocycles. The maximum atomic E-state index is 10.8. The van der Waals surface area contributed by atoms with Gasteiger partial charge in [0.1, 0.15) is 0 Å². The summed E-state index contributed by atoms with van der Waals surface area (Å²) in [4.78, 5) is 10.8. The van der Waals surface area contributed by atoms with Gasteiger partial charge in [-0.2, -0.15) is 9.78 Å². The lowest BCUT2D eigenvalue weighted by Gasteiger charge is -2.04. The number of nitrogens with zero attached hydrogens (tertiary/aromatic N) is 4. The van der Waals surface area contributed by atoms with Crippen molar-refractivity contribution in [1.29, 1.82) is 0 Å². The number of hydrogen-bond acceptors (Lipinski definition) is 6. The predicted molar refractivity (Wildman–Crippen MR) is 102 cm³/mol. The number of halogens is 1. The first-order valence-electron chi connectivity index (χ1n) is 7.68. The van der Waals surface area contributed by atoms with E-state index in [1.165, 1.54) is 17.7 Å². The monoisotopic (exact) mass is 429 g/mol. The van der Waals surface area contributed by atoms with E-state index in [-0.39, 0.29) is 5.56 Å². The second-order valence-electron chi connectivity index (χ2n) is 5.41. The van der Waals surface area contributed by atoms with Crippen molar-refractivity contribution in [1.82, 2.24) is 14.9 Å². The molecular weight excluding hydrogens is 416 g/mol. The number of carbonyl (C=O) groups excluding carboxylic acids is 1. The Morgan fingerprint density at radius 1 is 1.19 bits per heavy atom. The molecule has 0 bridgehead atoms. The van der Waals surface area contributed by atoms with Crippen LogP contribution in [-0.2, 0) is 5.75 Å². The van der Waals surface area contributed by atoms with E-state index in [9.17, 15) is 9.90 Å². The number of thioether (sulfide) groups is 1. The van der Waals surface area contributed by atoms with E-state index in [0.29, 0.717) is 11.0 Å². The highest BCUT2D eigenvalue weighted by molar-refractivity contribution is 9.10. The van der Waals surface area contributed by atoms with Crippen LogP contribution in [-0.4, -0.2) is 27.1 Å². The van der Waals surface area contributed by atoms with E-state index in [0.717, 1.165) is 15.8 Å². The normalized spacial score (nSPS) is 11.2. The minimum Gasteiger partial charge on any atom is -0.545 e. The van der Waals surface area contributed by atoms with Gasteiger partial charge in [-0.15, -0.1) is 10.2 Å². The Morgan fingerprint density at radius 3 is 2.54 bits per heavy atom. The number of carboxylic acid groups (broad SMARTS) is 1. The SMILES string of the molecule is Cc1nnc(SCc2ccc(Br)cc2)n1/N=C\c1ccc(C(=O)[O-])cc1. The molecule has 0 N–H and O–H groups in total. The van der Waals surface area contributed by atoms with Gasteiger partial charge in [-0.1, -0.05) is 64.1 Å². The number of aryl methyl sites for hydroxylation is 1. The molecule has 0 aliphatic carbocycles. The smallest absolute Gasteiger partial charge is 0.212 e. The summed E-state index contributed by atoms with van der Waals surface area (Å²) >= 11 is 4.97. The van der Waals surface area contributed by atoms with Gasteiger partial charge in [0.25, 0.3) is 0 Å². The highest BCUT2D eigenvalue weighted by Crippen LogP contribution is 2.22. The third-order valence-electron chi connectivity index (χ3n) is 3.52. The van der Waals surface area contributed by atoms with Crippen LogP contribution in [0.15, 0.2) is 63.3 Å². The first-order chi connectivity index (χ1) is 12.5. The van der Waals surface area contributed by atoms with Crippen LogP contribution in [0.3, 0.4) is 0 Å². The highest BCUT2D eigenvalue weighted by atomic mass is 79.9. The summed E-state index contributed by atoms with van der Waals surface area (Å²) < 4.78 is 2.70. The van der Waals surface area contributed by atoms with Crippen molar-refractivity contribution in [3.05, 3.63) is 75.5 Å². The lowest BCUT2D eigenvalue weighted by molar-refractivity contribution is -0.255. The Bertz CT molecular complexity index is 937. The van der Waals surface area contributed by atoms with E-state index >= 15 is 0 Å². The van der Waals surface area contributed by atoms with Gasteiger partial charge in [0, 0.05) is 10.2 Å². The summed E-state index contributed by atoms with van der Waals surface area (Å²) in [6.07, 6.45) is 1.64. The molecule has 0 fully saturated rings. The molecule has 0 saturated carbocycles. The van der Waals surface area contributed by atoms with Gasteiger partial charge in [0.2, 0.25) is 5.16 Å². The quantitative estimate of drug-likeness (QED) is 0.444. The molecule has 0 amide bonds. The van der Waals surface area contributed by atoms with Crippen LogP contribution in [0, 0.1) is 6.92 Å². The summed E-state index contributed by atoms with van der Waals surface area (Å²) in [6, 6.07) is 14.4. The lowest BCUT2D eigenvalue weighted by Crippen LogP contribution is -2.21. The first-order valence-corrected chi connectivity index (χ1v) is 9.46. The van der Waals surface area contributed by atoms with Crippen molar-refractivity contribution in [2.24, 2.45) is 5.10 Å². The fourth-order valence-electron chi connectivity index (χ4n) is 2.12. The molecule has 6 nitrogen and oxygen atoms in total. The lowest BCUT2D eigenvalue weighted by atomic mass is 10.1. The van der Waals surface area contributed by atoms with Crippen LogP contribution in [0.2, 0.25) is 0 Å². The fourth-order valence-corrected chi connectivity index (χ4v) is 3.27. The standard InChI is InChI=1S/C18H15BrN4O2S/c1-12-21-22-18(26-11-14-4-8-16(19)9-5-14)23(12)20-10-13-2-6-15(7-3-13)17(24)25/h2-10H,11H2,1H3,(H,24,25)/p-1/b20-10-. The first kappa shape index (κ1) is 18.3. The maximum Gasteiger partial charge on any atom is 0.212 e. The highest BCUT2D eigenvalue weighted by Gasteiger charge is 2.08. The molecular formula is C18H14BrN4O2S-. The summed E-state index contributed by atoms with van der Waals surface area (Å²) in [6.45, 7) is 1.83. The molecule has 0 aliphatic rings. The summed E-state index contributed by atoms with van der Waals surface area (Å²) in [5.74, 6) is 0.224. The molecule has 3 rings (SSSR count). The fraction of sp³-hybridized carbons (Fsp3) is 0.111. The summed E-state index contributed by atoms with van der Waals surface area (Å²) in [7, 11) is 0. The van der Waals surface area contributed by atoms with Gasteiger partial charge in [-0.25, -0.2) is 0 Å². The molecule has 2 aromatic carbocycles. The zero-order valence-electron chi connectivity index (χ0n) is 13.8. The largest absolute Gasteiger partial charge is 0.545 e. The Hall–Kier alpha value is -2.45. The van der Waals surface area contributed by atoms with E-state index in [2.05, 4.69) is 31.2 Å². The number of aromatic nitrogens is 3. The van der Waals surface area contributed by atoms with E-state index in [1.807, 2.05) is 31.2 Å². The Balaban J connectivity index is 1.72. The Labute approximate surface area is 163 Å². The van der Waals surface area contributed by atoms with Crippen LogP contribution < -0.4 is 5.11 Å². The molecule has 132 valence electrons. The Kier molecular flexibility index (Phi) is 5.85. The topological polar surface area (TPSA) is 83.2 Å². The molecule has 1 heterocycles. The van der Waals surface area contributed by atoms with Gasteiger partial charge in [-0.05, 0) is 35.7 Å². The number of carbonyl (C=O) groups is 1. The van der Waals surface area contributed by atoms with Gasteiger partial charge in [0.05, 0.1) is 12.2 Å². The van der Waals surface area contributed by atoms with Crippen molar-refractivity contribution in [3.8, 4) is 0 Å². The van der Waals surface area contributed by atoms with Crippen molar-refractivity contribution >= 4 is 39.9 Å². The number of benzene rings is 2. The third-order valence-corrected chi connectivity index (χ3v) is 5.04. The van der Waals surface area contributed by atoms with E-state index in [4.69, 9.17) is 0 Å². The van der Waals surface area contributed by atoms with Crippen molar-refractivity contribution < 1.29 is 9.90 Å². The van der Waals surface area contributed by atoms with Crippen LogP contribution in [0.4, 0.5) is 0 Å². The molecule has 3 aromatic rings. The minimum absolute atomic E-state index is 0.133. The molecule has 8 heteroatoms. The zero-order chi connectivity index (χ0) is 18.5. The van der Waals surface area contributed by atoms with Crippen molar-refractivity contribution in [2.45, 2.75) is 17.8 Å². The second kappa shape index (κ2) is 8.29. The number of aromatic carboxylic acids is 1. The number of rotatable bonds is 6. The molecule has 0 spiro atoms. The van der Waals surface area contributed by atoms with Crippen LogP contribution in [0.5, 0.6) is 0 Å². The zero-order valence-corrected chi connectivity index (χ0v) is 16.2. The van der Waals surface area contributed by atoms with Gasteiger partial charge >= 0.3 is 0 Å². The maximum absolute atomic E-state index is 10.8. The van der Waals surface area contributed by atoms with Crippen LogP contribution in [0.25, 0.3) is 0 Å². The average Bonchev–Trinajstić information content (AvgIpc) is 2.99. The minimum atomic E-state index is -1.20. The molecule has 0 unspecified atom stereocenters. The molecule has 0 atom stereocenters. The Morgan fingerprint density at radius 2 is 1.88 bits per heavy atom. The van der Waals surface area contributed by atoms with E-state index in [1.54, 1.807) is 34.8 Å². The third kappa shape index (κ3) is 4.59. The number of carboxylic acids is 1. The van der Waals surface area contributed by atoms with Crippen LogP contribution in [0.1, 0.15) is 27.3 Å². The molecule has 1 aromatic heterocycles. The van der Waals surface area contributed by atoms with Gasteiger partial charge in [-0.3, -0.25) is 0 Å².